The molecule has 0 heterocycles. The molecule has 0 aliphatic heterocycles. The molecular weight excluding hydrogens is 132 g/mol. The first-order valence-electron chi connectivity index (χ1n) is 4.69. The third-order valence-electron chi connectivity index (χ3n) is 3.17. The smallest absolute Gasteiger partial charge is 0.0228 e. The zero-order chi connectivity index (χ0) is 7.68. The normalized spacial score (nSPS) is 42.1. The van der Waals surface area contributed by atoms with Crippen molar-refractivity contribution in [2.75, 3.05) is 0 Å². The van der Waals surface area contributed by atoms with Crippen LogP contribution in [-0.2, 0) is 0 Å². The van der Waals surface area contributed by atoms with Crippen LogP contribution in [0.25, 0.3) is 0 Å². The molecule has 0 saturated heterocycles. The minimum absolute atomic E-state index is 0.818. The molecule has 0 fully saturated rings. The van der Waals surface area contributed by atoms with E-state index in [-0.39, 0.29) is 0 Å². The summed E-state index contributed by atoms with van der Waals surface area (Å²) < 4.78 is 0. The molecule has 11 heavy (non-hydrogen) atoms. The minimum Gasteiger partial charge on any atom is -0.0882 e. The predicted molar refractivity (Wildman–Crippen MR) is 48.3 cm³/mol. The van der Waals surface area contributed by atoms with E-state index in [1.807, 2.05) is 0 Å². The van der Waals surface area contributed by atoms with Crippen LogP contribution in [0, 0.1) is 17.8 Å². The fraction of sp³-hybridized carbons (Fsp3) is 0.636. The lowest BCUT2D eigenvalue weighted by atomic mass is 9.71. The van der Waals surface area contributed by atoms with E-state index in [0.29, 0.717) is 0 Å². The first-order valence-corrected chi connectivity index (χ1v) is 4.69. The highest BCUT2D eigenvalue weighted by atomic mass is 14.3. The molecule has 0 aromatic heterocycles. The largest absolute Gasteiger partial charge is 0.0882 e. The first kappa shape index (κ1) is 7.15. The summed E-state index contributed by atoms with van der Waals surface area (Å²) in [5, 5.41) is 0. The molecule has 0 saturated carbocycles. The Kier molecular flexibility index (Phi) is 1.85. The van der Waals surface area contributed by atoms with Gasteiger partial charge < -0.3 is 0 Å². The van der Waals surface area contributed by atoms with Gasteiger partial charge in [-0.15, -0.1) is 0 Å². The molecule has 0 bridgehead atoms. The summed E-state index contributed by atoms with van der Waals surface area (Å²) in [4.78, 5) is 0. The van der Waals surface area contributed by atoms with E-state index in [1.54, 1.807) is 0 Å². The maximum Gasteiger partial charge on any atom is -0.0228 e. The van der Waals surface area contributed by atoms with E-state index in [4.69, 9.17) is 0 Å². The number of rotatable bonds is 0. The second kappa shape index (κ2) is 2.84. The number of hydrogen-bond acceptors (Lipinski definition) is 0. The van der Waals surface area contributed by atoms with E-state index in [1.165, 1.54) is 19.3 Å². The lowest BCUT2D eigenvalue weighted by Crippen LogP contribution is -2.24. The van der Waals surface area contributed by atoms with Gasteiger partial charge in [-0.05, 0) is 37.0 Å². The fourth-order valence-corrected chi connectivity index (χ4v) is 2.42. The third kappa shape index (κ3) is 1.26. The van der Waals surface area contributed by atoms with E-state index in [9.17, 15) is 0 Å². The summed E-state index contributed by atoms with van der Waals surface area (Å²) in [6.45, 7) is 2.35. The van der Waals surface area contributed by atoms with Gasteiger partial charge in [-0.1, -0.05) is 31.2 Å². The van der Waals surface area contributed by atoms with Gasteiger partial charge in [0.2, 0.25) is 0 Å². The van der Waals surface area contributed by atoms with E-state index >= 15 is 0 Å². The standard InChI is InChI=1S/C11H16/c1-9-5-4-7-10-6-2-3-8-11(9)10/h2-5,9-11H,6-8H2,1H3/t9-,10+,11-/m1/s1. The van der Waals surface area contributed by atoms with Gasteiger partial charge in [0.05, 0.1) is 0 Å². The Hall–Kier alpha value is -0.520. The van der Waals surface area contributed by atoms with Crippen molar-refractivity contribution in [3.05, 3.63) is 24.3 Å². The Morgan fingerprint density at radius 2 is 1.73 bits per heavy atom. The molecule has 0 N–H and O–H groups in total. The Labute approximate surface area is 69.0 Å². The molecule has 0 spiro atoms. The summed E-state index contributed by atoms with van der Waals surface area (Å²) in [6.07, 6.45) is 13.4. The average Bonchev–Trinajstić information content (AvgIpc) is 2.06. The minimum atomic E-state index is 0.818. The monoisotopic (exact) mass is 148 g/mol. The van der Waals surface area contributed by atoms with Crippen LogP contribution in [0.2, 0.25) is 0 Å². The molecule has 2 rings (SSSR count). The zero-order valence-corrected chi connectivity index (χ0v) is 7.16. The van der Waals surface area contributed by atoms with E-state index in [2.05, 4.69) is 31.2 Å². The van der Waals surface area contributed by atoms with Crippen LogP contribution in [0.5, 0.6) is 0 Å². The molecule has 0 nitrogen and oxygen atoms in total. The highest BCUT2D eigenvalue weighted by Gasteiger charge is 2.27. The molecule has 3 atom stereocenters. The van der Waals surface area contributed by atoms with Crippen molar-refractivity contribution in [3.63, 3.8) is 0 Å². The lowest BCUT2D eigenvalue weighted by molar-refractivity contribution is 0.253. The summed E-state index contributed by atoms with van der Waals surface area (Å²) >= 11 is 0. The molecule has 60 valence electrons. The van der Waals surface area contributed by atoms with Gasteiger partial charge in [0.15, 0.2) is 0 Å². The van der Waals surface area contributed by atoms with Crippen molar-refractivity contribution in [2.24, 2.45) is 17.8 Å². The van der Waals surface area contributed by atoms with Gasteiger partial charge in [0, 0.05) is 0 Å². The summed E-state index contributed by atoms with van der Waals surface area (Å²) in [5.41, 5.74) is 0. The SMILES string of the molecule is C[C@@H]1C=CC[C@@H]2CC=CC[C@@H]21. The Morgan fingerprint density at radius 3 is 2.55 bits per heavy atom. The predicted octanol–water partition coefficient (Wildman–Crippen LogP) is 3.16. The zero-order valence-electron chi connectivity index (χ0n) is 7.16. The molecule has 0 heteroatoms. The van der Waals surface area contributed by atoms with Crippen LogP contribution in [0.15, 0.2) is 24.3 Å². The molecule has 0 radical (unpaired) electrons. The molecule has 0 unspecified atom stereocenters. The average molecular weight is 148 g/mol. The first-order chi connectivity index (χ1) is 5.38. The summed E-state index contributed by atoms with van der Waals surface area (Å²) in [6, 6.07) is 0. The van der Waals surface area contributed by atoms with Crippen molar-refractivity contribution in [2.45, 2.75) is 26.2 Å². The van der Waals surface area contributed by atoms with Crippen LogP contribution in [0.3, 0.4) is 0 Å². The van der Waals surface area contributed by atoms with Gasteiger partial charge >= 0.3 is 0 Å². The van der Waals surface area contributed by atoms with Crippen LogP contribution in [0.4, 0.5) is 0 Å². The third-order valence-corrected chi connectivity index (χ3v) is 3.17. The molecule has 2 aliphatic carbocycles. The second-order valence-electron chi connectivity index (χ2n) is 3.89. The maximum absolute atomic E-state index is 2.39. The van der Waals surface area contributed by atoms with Crippen molar-refractivity contribution in [1.29, 1.82) is 0 Å². The summed E-state index contributed by atoms with van der Waals surface area (Å²) in [7, 11) is 0. The van der Waals surface area contributed by atoms with Crippen molar-refractivity contribution in [1.82, 2.24) is 0 Å². The van der Waals surface area contributed by atoms with Crippen molar-refractivity contribution >= 4 is 0 Å². The van der Waals surface area contributed by atoms with Gasteiger partial charge in [-0.2, -0.15) is 0 Å². The summed E-state index contributed by atoms with van der Waals surface area (Å²) in [5.74, 6) is 2.73. The molecular formula is C11H16. The molecule has 2 aliphatic rings. The molecule has 0 aromatic rings. The topological polar surface area (TPSA) is 0 Å². The van der Waals surface area contributed by atoms with Gasteiger partial charge in [0.1, 0.15) is 0 Å². The van der Waals surface area contributed by atoms with Crippen molar-refractivity contribution in [3.8, 4) is 0 Å². The van der Waals surface area contributed by atoms with Crippen LogP contribution in [0.1, 0.15) is 26.2 Å². The lowest BCUT2D eigenvalue weighted by Gasteiger charge is -2.34. The van der Waals surface area contributed by atoms with Crippen molar-refractivity contribution < 1.29 is 0 Å². The maximum atomic E-state index is 2.39. The fourth-order valence-electron chi connectivity index (χ4n) is 2.42. The Balaban J connectivity index is 2.15. The van der Waals surface area contributed by atoms with Gasteiger partial charge in [-0.25, -0.2) is 0 Å². The van der Waals surface area contributed by atoms with Gasteiger partial charge in [0.25, 0.3) is 0 Å². The highest BCUT2D eigenvalue weighted by molar-refractivity contribution is 5.05. The Morgan fingerprint density at radius 1 is 1.00 bits per heavy atom. The number of hydrogen-bond donors (Lipinski definition) is 0. The van der Waals surface area contributed by atoms with Crippen LogP contribution < -0.4 is 0 Å². The number of fused-ring (bicyclic) bond motifs is 1. The number of allylic oxidation sites excluding steroid dienone is 4. The van der Waals surface area contributed by atoms with Gasteiger partial charge in [-0.3, -0.25) is 0 Å². The van der Waals surface area contributed by atoms with E-state index in [0.717, 1.165) is 17.8 Å². The molecule has 0 amide bonds. The van der Waals surface area contributed by atoms with Crippen LogP contribution in [-0.4, -0.2) is 0 Å². The Bertz CT molecular complexity index is 188. The quantitative estimate of drug-likeness (QED) is 0.463. The van der Waals surface area contributed by atoms with E-state index < -0.39 is 0 Å². The highest BCUT2D eigenvalue weighted by Crippen LogP contribution is 2.37. The van der Waals surface area contributed by atoms with Crippen LogP contribution >= 0.6 is 0 Å². The second-order valence-corrected chi connectivity index (χ2v) is 3.89. The molecule has 0 aromatic carbocycles.